The van der Waals surface area contributed by atoms with Crippen molar-refractivity contribution in [3.63, 3.8) is 0 Å². The summed E-state index contributed by atoms with van der Waals surface area (Å²) in [6.07, 6.45) is 15.2. The zero-order chi connectivity index (χ0) is 13.5. The molecule has 0 heterocycles. The van der Waals surface area contributed by atoms with E-state index >= 15 is 0 Å². The van der Waals surface area contributed by atoms with E-state index in [1.54, 1.807) is 5.57 Å². The number of hydrogen-bond acceptors (Lipinski definition) is 0. The average Bonchev–Trinajstić information content (AvgIpc) is 2.91. The molecule has 0 aliphatic heterocycles. The molecule has 0 nitrogen and oxygen atoms in total. The van der Waals surface area contributed by atoms with Crippen LogP contribution < -0.4 is 0 Å². The third-order valence-corrected chi connectivity index (χ3v) is 8.02. The van der Waals surface area contributed by atoms with Gasteiger partial charge in [-0.3, -0.25) is 0 Å². The van der Waals surface area contributed by atoms with Crippen molar-refractivity contribution in [2.24, 2.45) is 28.6 Å². The summed E-state index contributed by atoms with van der Waals surface area (Å²) < 4.78 is 0. The first-order chi connectivity index (χ1) is 9.72. The minimum absolute atomic E-state index is 0.526. The van der Waals surface area contributed by atoms with Crippen molar-refractivity contribution < 1.29 is 0 Å². The molecule has 0 amide bonds. The van der Waals surface area contributed by atoms with Crippen molar-refractivity contribution in [3.05, 3.63) is 36.0 Å². The van der Waals surface area contributed by atoms with Crippen molar-refractivity contribution in [1.29, 1.82) is 0 Å². The van der Waals surface area contributed by atoms with E-state index in [4.69, 9.17) is 0 Å². The van der Waals surface area contributed by atoms with Gasteiger partial charge in [0.1, 0.15) is 0 Å². The van der Waals surface area contributed by atoms with Gasteiger partial charge in [0.15, 0.2) is 0 Å². The lowest BCUT2D eigenvalue weighted by Gasteiger charge is -2.39. The fraction of sp³-hybridized carbons (Fsp3) is 0.700. The first-order valence-corrected chi connectivity index (χ1v) is 8.74. The van der Waals surface area contributed by atoms with E-state index in [1.165, 1.54) is 57.8 Å². The van der Waals surface area contributed by atoms with Crippen LogP contribution in [-0.4, -0.2) is 0 Å². The van der Waals surface area contributed by atoms with E-state index in [0.717, 1.165) is 17.8 Å². The van der Waals surface area contributed by atoms with Crippen LogP contribution in [0, 0.1) is 28.6 Å². The second-order valence-electron chi connectivity index (χ2n) is 8.28. The third kappa shape index (κ3) is 1.10. The molecule has 0 N–H and O–H groups in total. The molecule has 3 saturated carbocycles. The van der Waals surface area contributed by atoms with Gasteiger partial charge in [-0.2, -0.15) is 0 Å². The van der Waals surface area contributed by atoms with Gasteiger partial charge in [-0.25, -0.2) is 0 Å². The van der Waals surface area contributed by atoms with Crippen molar-refractivity contribution in [3.8, 4) is 0 Å². The molecule has 5 aliphatic carbocycles. The van der Waals surface area contributed by atoms with Crippen LogP contribution in [0.25, 0.3) is 0 Å². The Labute approximate surface area is 123 Å². The second-order valence-corrected chi connectivity index (χ2v) is 8.28. The lowest BCUT2D eigenvalue weighted by atomic mass is 9.64. The maximum Gasteiger partial charge on any atom is 0.00434 e. The van der Waals surface area contributed by atoms with Crippen LogP contribution in [0.15, 0.2) is 36.0 Å². The van der Waals surface area contributed by atoms with Crippen molar-refractivity contribution in [2.75, 3.05) is 0 Å². The molecule has 0 aromatic carbocycles. The summed E-state index contributed by atoms with van der Waals surface area (Å²) in [6.45, 7) is 8.77. The Morgan fingerprint density at radius 3 is 2.90 bits per heavy atom. The summed E-state index contributed by atoms with van der Waals surface area (Å²) in [5, 5.41) is 0. The Kier molecular flexibility index (Phi) is 2.08. The Morgan fingerprint density at radius 1 is 1.15 bits per heavy atom. The van der Waals surface area contributed by atoms with Crippen molar-refractivity contribution in [1.82, 2.24) is 0 Å². The maximum absolute atomic E-state index is 4.58. The third-order valence-electron chi connectivity index (χ3n) is 8.02. The van der Waals surface area contributed by atoms with Gasteiger partial charge in [0.05, 0.1) is 0 Å². The molecule has 0 aromatic rings. The molecule has 0 saturated heterocycles. The lowest BCUT2D eigenvalue weighted by Crippen LogP contribution is -2.32. The highest BCUT2D eigenvalue weighted by Gasteiger charge is 2.72. The first-order valence-electron chi connectivity index (χ1n) is 8.74. The van der Waals surface area contributed by atoms with E-state index in [9.17, 15) is 0 Å². The molecule has 3 fully saturated rings. The molecular weight excluding hydrogens is 240 g/mol. The van der Waals surface area contributed by atoms with Gasteiger partial charge < -0.3 is 0 Å². The normalized spacial score (nSPS) is 52.2. The van der Waals surface area contributed by atoms with Gasteiger partial charge in [0.2, 0.25) is 0 Å². The summed E-state index contributed by atoms with van der Waals surface area (Å²) in [5.41, 5.74) is 6.58. The van der Waals surface area contributed by atoms with Crippen LogP contribution in [0.2, 0.25) is 0 Å². The van der Waals surface area contributed by atoms with Gasteiger partial charge in [-0.15, -0.1) is 6.58 Å². The van der Waals surface area contributed by atoms with E-state index in [-0.39, 0.29) is 0 Å². The number of allylic oxidation sites excluding steroid dienone is 4. The van der Waals surface area contributed by atoms with Gasteiger partial charge in [-0.1, -0.05) is 29.4 Å². The van der Waals surface area contributed by atoms with Crippen LogP contribution in [0.4, 0.5) is 0 Å². The standard InChI is InChI=1S/C20H26/c1-3-14-11-15-7-10-20(13(2)18(14)20)19-8-4-5-17(15)16(12-19)6-9-19/h3,14-15,18H,1-2,4-12H2. The summed E-state index contributed by atoms with van der Waals surface area (Å²) in [4.78, 5) is 0. The molecule has 1 spiro atoms. The molecule has 5 bridgehead atoms. The summed E-state index contributed by atoms with van der Waals surface area (Å²) in [7, 11) is 0. The van der Waals surface area contributed by atoms with Gasteiger partial charge in [0, 0.05) is 5.41 Å². The molecule has 5 atom stereocenters. The Morgan fingerprint density at radius 2 is 2.05 bits per heavy atom. The molecule has 5 rings (SSSR count). The molecule has 106 valence electrons. The van der Waals surface area contributed by atoms with Crippen LogP contribution >= 0.6 is 0 Å². The van der Waals surface area contributed by atoms with E-state index in [0.29, 0.717) is 10.8 Å². The zero-order valence-electron chi connectivity index (χ0n) is 12.6. The summed E-state index contributed by atoms with van der Waals surface area (Å²) in [5.74, 6) is 2.40. The highest BCUT2D eigenvalue weighted by Crippen LogP contribution is 2.80. The number of fused-ring (bicyclic) bond motifs is 3. The molecule has 20 heavy (non-hydrogen) atoms. The van der Waals surface area contributed by atoms with Gasteiger partial charge in [0.25, 0.3) is 0 Å². The SMILES string of the molecule is C=CC1CC2CCC3(C(=C)C13)C13CCCC2=C(CC1)C3. The van der Waals surface area contributed by atoms with Gasteiger partial charge in [-0.05, 0) is 81.0 Å². The quantitative estimate of drug-likeness (QED) is 0.555. The fourth-order valence-electron chi connectivity index (χ4n) is 7.23. The monoisotopic (exact) mass is 266 g/mol. The van der Waals surface area contributed by atoms with Crippen LogP contribution in [-0.2, 0) is 0 Å². The van der Waals surface area contributed by atoms with Crippen molar-refractivity contribution in [2.45, 2.75) is 57.8 Å². The smallest absolute Gasteiger partial charge is 0.00434 e. The first kappa shape index (κ1) is 11.8. The van der Waals surface area contributed by atoms with Gasteiger partial charge >= 0.3 is 0 Å². The average molecular weight is 266 g/mol. The zero-order valence-corrected chi connectivity index (χ0v) is 12.6. The molecular formula is C20H26. The van der Waals surface area contributed by atoms with E-state index in [1.807, 2.05) is 11.1 Å². The van der Waals surface area contributed by atoms with E-state index < -0.39 is 0 Å². The largest absolute Gasteiger partial charge is 0.103 e. The number of hydrogen-bond donors (Lipinski definition) is 0. The molecule has 5 aliphatic rings. The predicted molar refractivity (Wildman–Crippen MR) is 83.3 cm³/mol. The number of rotatable bonds is 1. The van der Waals surface area contributed by atoms with Crippen LogP contribution in [0.1, 0.15) is 57.8 Å². The summed E-state index contributed by atoms with van der Waals surface area (Å²) >= 11 is 0. The van der Waals surface area contributed by atoms with Crippen LogP contribution in [0.3, 0.4) is 0 Å². The Balaban J connectivity index is 1.77. The summed E-state index contributed by atoms with van der Waals surface area (Å²) in [6, 6.07) is 0. The minimum atomic E-state index is 0.526. The Bertz CT molecular complexity index is 550. The highest BCUT2D eigenvalue weighted by molar-refractivity contribution is 5.47. The Hall–Kier alpha value is -0.780. The fourth-order valence-corrected chi connectivity index (χ4v) is 7.23. The minimum Gasteiger partial charge on any atom is -0.103 e. The van der Waals surface area contributed by atoms with Crippen molar-refractivity contribution >= 4 is 0 Å². The highest BCUT2D eigenvalue weighted by atomic mass is 14.8. The topological polar surface area (TPSA) is 0 Å². The molecule has 0 heteroatoms. The predicted octanol–water partition coefficient (Wildman–Crippen LogP) is 5.43. The second kappa shape index (κ2) is 3.51. The maximum atomic E-state index is 4.58. The molecule has 0 aromatic heterocycles. The lowest BCUT2D eigenvalue weighted by molar-refractivity contribution is 0.108. The molecule has 5 unspecified atom stereocenters. The molecule has 0 radical (unpaired) electrons. The van der Waals surface area contributed by atoms with E-state index in [2.05, 4.69) is 19.2 Å². The van der Waals surface area contributed by atoms with Crippen LogP contribution in [0.5, 0.6) is 0 Å².